The number of ether oxygens (including phenoxy) is 1. The number of esters is 1. The highest BCUT2D eigenvalue weighted by Gasteiger charge is 2.22. The summed E-state index contributed by atoms with van der Waals surface area (Å²) >= 11 is 0. The van der Waals surface area contributed by atoms with Crippen LogP contribution in [0.2, 0.25) is 0 Å². The highest BCUT2D eigenvalue weighted by atomic mass is 16.5. The van der Waals surface area contributed by atoms with Gasteiger partial charge in [0, 0.05) is 17.5 Å². The van der Waals surface area contributed by atoms with Crippen LogP contribution in [0.5, 0.6) is 0 Å². The lowest BCUT2D eigenvalue weighted by molar-refractivity contribution is -0.150. The van der Waals surface area contributed by atoms with Crippen LogP contribution in [-0.4, -0.2) is 24.3 Å². The summed E-state index contributed by atoms with van der Waals surface area (Å²) in [6.07, 6.45) is -0.0203. The van der Waals surface area contributed by atoms with E-state index in [0.29, 0.717) is 5.69 Å². The number of Topliss-reactive ketones (excluding diaryl/α,β-unsaturated/α-hetero) is 1. The van der Waals surface area contributed by atoms with Crippen molar-refractivity contribution in [2.45, 2.75) is 33.6 Å². The minimum Gasteiger partial charge on any atom is -0.458 e. The van der Waals surface area contributed by atoms with Crippen LogP contribution in [0.1, 0.15) is 33.6 Å². The zero-order valence-electron chi connectivity index (χ0n) is 12.6. The van der Waals surface area contributed by atoms with Gasteiger partial charge in [-0.3, -0.25) is 14.4 Å². The molecular formula is C16H21NO4. The second-order valence-electron chi connectivity index (χ2n) is 5.75. The predicted molar refractivity (Wildman–Crippen MR) is 79.7 cm³/mol. The van der Waals surface area contributed by atoms with Crippen LogP contribution in [0.3, 0.4) is 0 Å². The quantitative estimate of drug-likeness (QED) is 0.818. The van der Waals surface area contributed by atoms with Crippen molar-refractivity contribution in [1.82, 2.24) is 0 Å². The molecule has 0 aliphatic carbocycles. The van der Waals surface area contributed by atoms with Crippen molar-refractivity contribution in [3.05, 3.63) is 30.3 Å². The zero-order chi connectivity index (χ0) is 15.9. The molecule has 0 saturated carbocycles. The Bertz CT molecular complexity index is 503. The number of nitrogens with one attached hydrogen (secondary N) is 1. The van der Waals surface area contributed by atoms with Gasteiger partial charge in [0.25, 0.3) is 0 Å². The number of hydrogen-bond acceptors (Lipinski definition) is 4. The van der Waals surface area contributed by atoms with Crippen molar-refractivity contribution in [1.29, 1.82) is 0 Å². The van der Waals surface area contributed by atoms with Crippen LogP contribution in [-0.2, 0) is 19.1 Å². The Hall–Kier alpha value is -2.17. The molecule has 0 aliphatic heterocycles. The van der Waals surface area contributed by atoms with Crippen LogP contribution in [0.25, 0.3) is 0 Å². The molecule has 1 amide bonds. The first kappa shape index (κ1) is 16.9. The van der Waals surface area contributed by atoms with Gasteiger partial charge in [0.2, 0.25) is 5.91 Å². The number of para-hydroxylation sites is 1. The van der Waals surface area contributed by atoms with Gasteiger partial charge in [0.15, 0.2) is 12.4 Å². The van der Waals surface area contributed by atoms with Gasteiger partial charge >= 0.3 is 5.97 Å². The normalized spacial score (nSPS) is 10.8. The van der Waals surface area contributed by atoms with E-state index in [2.05, 4.69) is 5.32 Å². The van der Waals surface area contributed by atoms with Gasteiger partial charge in [-0.2, -0.15) is 0 Å². The van der Waals surface area contributed by atoms with Gasteiger partial charge in [-0.05, 0) is 12.1 Å². The van der Waals surface area contributed by atoms with E-state index in [1.807, 2.05) is 18.2 Å². The second-order valence-corrected chi connectivity index (χ2v) is 5.75. The fraction of sp³-hybridized carbons (Fsp3) is 0.438. The van der Waals surface area contributed by atoms with E-state index in [1.54, 1.807) is 32.9 Å². The second kappa shape index (κ2) is 7.57. The molecule has 0 heterocycles. The minimum absolute atomic E-state index is 0.0252. The number of anilines is 1. The smallest absolute Gasteiger partial charge is 0.306 e. The monoisotopic (exact) mass is 291 g/mol. The molecular weight excluding hydrogens is 270 g/mol. The van der Waals surface area contributed by atoms with Crippen LogP contribution < -0.4 is 5.32 Å². The summed E-state index contributed by atoms with van der Waals surface area (Å²) in [5.41, 5.74) is 0.143. The maximum atomic E-state index is 11.6. The molecule has 1 N–H and O–H groups in total. The average molecular weight is 291 g/mol. The number of carbonyl (C=O) groups excluding carboxylic acids is 3. The first-order chi connectivity index (χ1) is 9.79. The van der Waals surface area contributed by atoms with Crippen molar-refractivity contribution < 1.29 is 19.1 Å². The number of carbonyl (C=O) groups is 3. The van der Waals surface area contributed by atoms with E-state index in [4.69, 9.17) is 4.74 Å². The summed E-state index contributed by atoms with van der Waals surface area (Å²) in [6, 6.07) is 8.99. The molecule has 1 aromatic rings. The molecule has 0 atom stereocenters. The van der Waals surface area contributed by atoms with Crippen LogP contribution >= 0.6 is 0 Å². The summed E-state index contributed by atoms with van der Waals surface area (Å²) in [5, 5.41) is 2.67. The Morgan fingerprint density at radius 2 is 1.67 bits per heavy atom. The summed E-state index contributed by atoms with van der Waals surface area (Å²) in [4.78, 5) is 34.7. The molecule has 0 spiro atoms. The van der Waals surface area contributed by atoms with Gasteiger partial charge in [0.1, 0.15) is 0 Å². The number of ketones is 1. The molecule has 0 fully saturated rings. The SMILES string of the molecule is CC(C)(C)C(=O)COC(=O)CCC(=O)Nc1ccccc1. The molecule has 0 radical (unpaired) electrons. The molecule has 0 bridgehead atoms. The summed E-state index contributed by atoms with van der Waals surface area (Å²) in [6.45, 7) is 5.03. The lowest BCUT2D eigenvalue weighted by Gasteiger charge is -2.16. The van der Waals surface area contributed by atoms with Gasteiger partial charge in [-0.15, -0.1) is 0 Å². The third-order valence-electron chi connectivity index (χ3n) is 2.81. The van der Waals surface area contributed by atoms with E-state index >= 15 is 0 Å². The molecule has 114 valence electrons. The number of benzene rings is 1. The van der Waals surface area contributed by atoms with Crippen LogP contribution in [0.4, 0.5) is 5.69 Å². The number of rotatable bonds is 6. The van der Waals surface area contributed by atoms with Gasteiger partial charge in [-0.25, -0.2) is 0 Å². The largest absolute Gasteiger partial charge is 0.458 e. The zero-order valence-corrected chi connectivity index (χ0v) is 12.6. The van der Waals surface area contributed by atoms with E-state index in [9.17, 15) is 14.4 Å². The van der Waals surface area contributed by atoms with Crippen molar-refractivity contribution in [3.8, 4) is 0 Å². The standard InChI is InChI=1S/C16H21NO4/c1-16(2,3)13(18)11-21-15(20)10-9-14(19)17-12-7-5-4-6-8-12/h4-8H,9-11H2,1-3H3,(H,17,19). The third-order valence-corrected chi connectivity index (χ3v) is 2.81. The molecule has 0 aromatic heterocycles. The molecule has 1 rings (SSSR count). The first-order valence-corrected chi connectivity index (χ1v) is 6.83. The predicted octanol–water partition coefficient (Wildman–Crippen LogP) is 2.56. The number of amides is 1. The van der Waals surface area contributed by atoms with E-state index in [1.165, 1.54) is 0 Å². The topological polar surface area (TPSA) is 72.5 Å². The van der Waals surface area contributed by atoms with Crippen molar-refractivity contribution in [3.63, 3.8) is 0 Å². The molecule has 5 nitrogen and oxygen atoms in total. The molecule has 0 unspecified atom stereocenters. The lowest BCUT2D eigenvalue weighted by atomic mass is 9.91. The Labute approximate surface area is 124 Å². The van der Waals surface area contributed by atoms with Crippen molar-refractivity contribution in [2.24, 2.45) is 5.41 Å². The minimum atomic E-state index is -0.546. The lowest BCUT2D eigenvalue weighted by Crippen LogP contribution is -2.26. The fourth-order valence-electron chi connectivity index (χ4n) is 1.40. The van der Waals surface area contributed by atoms with Gasteiger partial charge < -0.3 is 10.1 Å². The third kappa shape index (κ3) is 6.70. The van der Waals surface area contributed by atoms with Gasteiger partial charge in [0.05, 0.1) is 6.42 Å². The Balaban J connectivity index is 2.27. The molecule has 21 heavy (non-hydrogen) atoms. The van der Waals surface area contributed by atoms with Gasteiger partial charge in [-0.1, -0.05) is 39.0 Å². The first-order valence-electron chi connectivity index (χ1n) is 6.83. The van der Waals surface area contributed by atoms with Crippen molar-refractivity contribution >= 4 is 23.3 Å². The number of hydrogen-bond donors (Lipinski definition) is 1. The summed E-state index contributed by atoms with van der Waals surface area (Å²) < 4.78 is 4.86. The average Bonchev–Trinajstić information content (AvgIpc) is 2.42. The highest BCUT2D eigenvalue weighted by molar-refractivity contribution is 5.93. The molecule has 0 aliphatic rings. The van der Waals surface area contributed by atoms with Crippen LogP contribution in [0, 0.1) is 5.41 Å². The van der Waals surface area contributed by atoms with E-state index < -0.39 is 11.4 Å². The van der Waals surface area contributed by atoms with Crippen molar-refractivity contribution in [2.75, 3.05) is 11.9 Å². The Kier molecular flexibility index (Phi) is 6.09. The summed E-state index contributed by atoms with van der Waals surface area (Å²) in [7, 11) is 0. The maximum Gasteiger partial charge on any atom is 0.306 e. The van der Waals surface area contributed by atoms with E-state index in [-0.39, 0.29) is 31.1 Å². The Morgan fingerprint density at radius 3 is 2.24 bits per heavy atom. The molecule has 1 aromatic carbocycles. The molecule has 5 heteroatoms. The summed E-state index contributed by atoms with van der Waals surface area (Å²) in [5.74, 6) is -0.958. The van der Waals surface area contributed by atoms with E-state index in [0.717, 1.165) is 0 Å². The Morgan fingerprint density at radius 1 is 1.05 bits per heavy atom. The highest BCUT2D eigenvalue weighted by Crippen LogP contribution is 2.14. The molecule has 0 saturated heterocycles. The maximum absolute atomic E-state index is 11.6. The van der Waals surface area contributed by atoms with Crippen LogP contribution in [0.15, 0.2) is 30.3 Å². The fourth-order valence-corrected chi connectivity index (χ4v) is 1.40.